The van der Waals surface area contributed by atoms with Gasteiger partial charge in [0.25, 0.3) is 5.91 Å². The van der Waals surface area contributed by atoms with E-state index >= 15 is 0 Å². The Balaban J connectivity index is 1.46. The number of anilines is 2. The first-order valence-corrected chi connectivity index (χ1v) is 9.87. The van der Waals surface area contributed by atoms with E-state index in [4.69, 9.17) is 9.47 Å². The molecule has 0 spiro atoms. The topological polar surface area (TPSA) is 67.9 Å². The second-order valence-electron chi connectivity index (χ2n) is 6.70. The third-order valence-corrected chi connectivity index (χ3v) is 4.59. The van der Waals surface area contributed by atoms with Gasteiger partial charge in [-0.25, -0.2) is 4.79 Å². The fraction of sp³-hybridized carbons (Fsp3) is 0.304. The minimum atomic E-state index is -0.587. The zero-order valence-corrected chi connectivity index (χ0v) is 16.6. The highest BCUT2D eigenvalue weighted by Crippen LogP contribution is 2.22. The van der Waals surface area contributed by atoms with Crippen LogP contribution in [0.25, 0.3) is 6.08 Å². The lowest BCUT2D eigenvalue weighted by molar-refractivity contribution is -0.142. The predicted octanol–water partition coefficient (Wildman–Crippen LogP) is 3.88. The van der Waals surface area contributed by atoms with Crippen molar-refractivity contribution in [1.82, 2.24) is 0 Å². The first-order valence-electron chi connectivity index (χ1n) is 9.87. The number of amides is 1. The van der Waals surface area contributed by atoms with E-state index in [1.54, 1.807) is 6.08 Å². The van der Waals surface area contributed by atoms with Gasteiger partial charge in [-0.2, -0.15) is 0 Å². The van der Waals surface area contributed by atoms with Crippen LogP contribution in [0.5, 0.6) is 5.75 Å². The van der Waals surface area contributed by atoms with E-state index in [9.17, 15) is 9.59 Å². The standard InChI is InChI=1S/C23H26N2O4/c1-2-28-21-8-4-3-7-18(21)9-14-23(27)29-17-22(26)24-19-10-12-20(13-11-19)25-15-5-6-16-25/h3-4,7-14H,2,5-6,15-17H2,1H3,(H,24,26)/b14-9+. The summed E-state index contributed by atoms with van der Waals surface area (Å²) in [5.41, 5.74) is 2.61. The number of nitrogens with one attached hydrogen (secondary N) is 1. The third-order valence-electron chi connectivity index (χ3n) is 4.59. The van der Waals surface area contributed by atoms with Crippen LogP contribution in [0.15, 0.2) is 54.6 Å². The molecule has 1 heterocycles. The molecule has 6 nitrogen and oxygen atoms in total. The van der Waals surface area contributed by atoms with E-state index in [-0.39, 0.29) is 12.5 Å². The van der Waals surface area contributed by atoms with E-state index in [0.29, 0.717) is 18.0 Å². The van der Waals surface area contributed by atoms with Crippen molar-refractivity contribution >= 4 is 29.3 Å². The number of ether oxygens (including phenoxy) is 2. The van der Waals surface area contributed by atoms with E-state index < -0.39 is 5.97 Å². The Morgan fingerprint density at radius 1 is 1.07 bits per heavy atom. The first kappa shape index (κ1) is 20.5. The maximum absolute atomic E-state index is 12.0. The molecule has 0 saturated carbocycles. The van der Waals surface area contributed by atoms with Crippen molar-refractivity contribution in [2.24, 2.45) is 0 Å². The van der Waals surface area contributed by atoms with Crippen molar-refractivity contribution in [3.8, 4) is 5.75 Å². The van der Waals surface area contributed by atoms with Gasteiger partial charge in [0.05, 0.1) is 6.61 Å². The van der Waals surface area contributed by atoms with Gasteiger partial charge in [0.15, 0.2) is 6.61 Å². The molecule has 1 saturated heterocycles. The van der Waals surface area contributed by atoms with E-state index in [1.165, 1.54) is 18.9 Å². The van der Waals surface area contributed by atoms with Gasteiger partial charge in [-0.3, -0.25) is 4.79 Å². The summed E-state index contributed by atoms with van der Waals surface area (Å²) in [4.78, 5) is 26.3. The Morgan fingerprint density at radius 3 is 2.52 bits per heavy atom. The lowest BCUT2D eigenvalue weighted by Crippen LogP contribution is -2.20. The fourth-order valence-electron chi connectivity index (χ4n) is 3.18. The van der Waals surface area contributed by atoms with Crippen molar-refractivity contribution < 1.29 is 19.1 Å². The van der Waals surface area contributed by atoms with Crippen LogP contribution >= 0.6 is 0 Å². The highest BCUT2D eigenvalue weighted by Gasteiger charge is 2.12. The first-order chi connectivity index (χ1) is 14.2. The van der Waals surface area contributed by atoms with Crippen LogP contribution in [0.2, 0.25) is 0 Å². The van der Waals surface area contributed by atoms with Gasteiger partial charge in [-0.15, -0.1) is 0 Å². The van der Waals surface area contributed by atoms with Crippen LogP contribution in [0.3, 0.4) is 0 Å². The van der Waals surface area contributed by atoms with Crippen molar-refractivity contribution in [2.45, 2.75) is 19.8 Å². The molecule has 6 heteroatoms. The Kier molecular flexibility index (Phi) is 7.28. The normalized spacial score (nSPS) is 13.5. The second-order valence-corrected chi connectivity index (χ2v) is 6.70. The molecule has 3 rings (SSSR count). The van der Waals surface area contributed by atoms with E-state index in [2.05, 4.69) is 10.2 Å². The quantitative estimate of drug-likeness (QED) is 0.544. The summed E-state index contributed by atoms with van der Waals surface area (Å²) < 4.78 is 10.5. The Bertz CT molecular complexity index is 855. The number of hydrogen-bond acceptors (Lipinski definition) is 5. The maximum Gasteiger partial charge on any atom is 0.331 e. The minimum Gasteiger partial charge on any atom is -0.493 e. The summed E-state index contributed by atoms with van der Waals surface area (Å²) in [7, 11) is 0. The van der Waals surface area contributed by atoms with Gasteiger partial charge < -0.3 is 19.7 Å². The zero-order chi connectivity index (χ0) is 20.5. The van der Waals surface area contributed by atoms with Crippen LogP contribution < -0.4 is 15.0 Å². The highest BCUT2D eigenvalue weighted by atomic mass is 16.5. The van der Waals surface area contributed by atoms with Gasteiger partial charge in [0.1, 0.15) is 5.75 Å². The van der Waals surface area contributed by atoms with Crippen LogP contribution in [-0.2, 0) is 14.3 Å². The minimum absolute atomic E-state index is 0.343. The van der Waals surface area contributed by atoms with Crippen molar-refractivity contribution in [3.63, 3.8) is 0 Å². The molecular formula is C23H26N2O4. The average molecular weight is 394 g/mol. The van der Waals surface area contributed by atoms with Crippen LogP contribution in [0.4, 0.5) is 11.4 Å². The van der Waals surface area contributed by atoms with Crippen LogP contribution in [0, 0.1) is 0 Å². The molecule has 0 aromatic heterocycles. The Hall–Kier alpha value is -3.28. The van der Waals surface area contributed by atoms with Gasteiger partial charge in [0.2, 0.25) is 0 Å². The number of hydrogen-bond donors (Lipinski definition) is 1. The predicted molar refractivity (Wildman–Crippen MR) is 114 cm³/mol. The second kappa shape index (κ2) is 10.3. The molecule has 1 fully saturated rings. The van der Waals surface area contributed by atoms with Gasteiger partial charge in [-0.05, 0) is 56.2 Å². The lowest BCUT2D eigenvalue weighted by Gasteiger charge is -2.17. The van der Waals surface area contributed by atoms with Gasteiger partial charge >= 0.3 is 5.97 Å². The van der Waals surface area contributed by atoms with Gasteiger partial charge in [0, 0.05) is 36.1 Å². The number of esters is 1. The molecule has 0 aliphatic carbocycles. The summed E-state index contributed by atoms with van der Waals surface area (Å²) in [5, 5.41) is 2.74. The molecule has 0 bridgehead atoms. The maximum atomic E-state index is 12.0. The van der Waals surface area contributed by atoms with E-state index in [0.717, 1.165) is 24.3 Å². The Morgan fingerprint density at radius 2 is 1.79 bits per heavy atom. The van der Waals surface area contributed by atoms with Crippen LogP contribution in [0.1, 0.15) is 25.3 Å². The lowest BCUT2D eigenvalue weighted by atomic mass is 10.2. The van der Waals surface area contributed by atoms with E-state index in [1.807, 2.05) is 55.5 Å². The summed E-state index contributed by atoms with van der Waals surface area (Å²) in [6.45, 7) is 4.24. The molecule has 152 valence electrons. The number of para-hydroxylation sites is 1. The summed E-state index contributed by atoms with van der Waals surface area (Å²) in [5.74, 6) is -0.277. The Labute approximate surface area is 171 Å². The third kappa shape index (κ3) is 6.10. The number of benzene rings is 2. The van der Waals surface area contributed by atoms with Crippen molar-refractivity contribution in [2.75, 3.05) is 36.5 Å². The summed E-state index contributed by atoms with van der Waals surface area (Å²) >= 11 is 0. The number of rotatable bonds is 8. The summed E-state index contributed by atoms with van der Waals surface area (Å²) in [6, 6.07) is 15.1. The average Bonchev–Trinajstić information content (AvgIpc) is 3.27. The molecule has 0 atom stereocenters. The van der Waals surface area contributed by atoms with Crippen molar-refractivity contribution in [3.05, 3.63) is 60.2 Å². The molecule has 1 aliphatic rings. The summed E-state index contributed by atoms with van der Waals surface area (Å²) in [6.07, 6.45) is 5.34. The highest BCUT2D eigenvalue weighted by molar-refractivity contribution is 5.94. The SMILES string of the molecule is CCOc1ccccc1/C=C/C(=O)OCC(=O)Nc1ccc(N2CCCC2)cc1. The number of carbonyl (C=O) groups excluding carboxylic acids is 2. The molecular weight excluding hydrogens is 368 g/mol. The molecule has 2 aromatic carbocycles. The van der Waals surface area contributed by atoms with Gasteiger partial charge in [-0.1, -0.05) is 18.2 Å². The molecule has 1 aliphatic heterocycles. The molecule has 1 N–H and O–H groups in total. The van der Waals surface area contributed by atoms with Crippen molar-refractivity contribution in [1.29, 1.82) is 0 Å². The molecule has 2 aromatic rings. The molecule has 0 radical (unpaired) electrons. The zero-order valence-electron chi connectivity index (χ0n) is 16.6. The number of carbonyl (C=O) groups is 2. The van der Waals surface area contributed by atoms with Crippen LogP contribution in [-0.4, -0.2) is 38.2 Å². The molecule has 29 heavy (non-hydrogen) atoms. The largest absolute Gasteiger partial charge is 0.493 e. The fourth-order valence-corrected chi connectivity index (χ4v) is 3.18. The molecule has 1 amide bonds. The monoisotopic (exact) mass is 394 g/mol. The smallest absolute Gasteiger partial charge is 0.331 e. The number of nitrogens with zero attached hydrogens (tertiary/aromatic N) is 1. The molecule has 0 unspecified atom stereocenters.